The summed E-state index contributed by atoms with van der Waals surface area (Å²) in [6.07, 6.45) is 0. The molecule has 0 aliphatic heterocycles. The van der Waals surface area contributed by atoms with Crippen molar-refractivity contribution in [2.45, 2.75) is 116 Å². The zero-order valence-electron chi connectivity index (χ0n) is 38.0. The summed E-state index contributed by atoms with van der Waals surface area (Å²) in [5, 5.41) is 14.9. The lowest BCUT2D eigenvalue weighted by Gasteiger charge is -2.38. The lowest BCUT2D eigenvalue weighted by molar-refractivity contribution is 0.838. The summed E-state index contributed by atoms with van der Waals surface area (Å²) in [5.41, 5.74) is 16.5. The molecule has 0 nitrogen and oxygen atoms in total. The van der Waals surface area contributed by atoms with Crippen molar-refractivity contribution in [2.24, 2.45) is 0 Å². The topological polar surface area (TPSA) is 0 Å². The van der Waals surface area contributed by atoms with Crippen molar-refractivity contribution in [3.05, 3.63) is 132 Å². The van der Waals surface area contributed by atoms with Crippen molar-refractivity contribution >= 4 is 80.8 Å². The Morgan fingerprint density at radius 1 is 0.300 bits per heavy atom. The third-order valence-corrected chi connectivity index (χ3v) is 27.2. The van der Waals surface area contributed by atoms with Gasteiger partial charge in [0.2, 0.25) is 0 Å². The molecule has 0 aliphatic rings. The van der Waals surface area contributed by atoms with E-state index in [1.807, 2.05) is 0 Å². The number of hydrogen-bond acceptors (Lipinski definition) is 0. The van der Waals surface area contributed by atoms with Gasteiger partial charge < -0.3 is 0 Å². The minimum atomic E-state index is -2.04. The maximum absolute atomic E-state index is 4.15. The largest absolute Gasteiger partial charge is 0.146 e. The van der Waals surface area contributed by atoms with Gasteiger partial charge in [-0.2, -0.15) is 0 Å². The molecule has 0 amide bonds. The fourth-order valence-corrected chi connectivity index (χ4v) is 22.2. The Bertz CT molecular complexity index is 2820. The quantitative estimate of drug-likeness (QED) is 0.0854. The molecule has 0 bridgehead atoms. The van der Waals surface area contributed by atoms with Gasteiger partial charge in [-0.1, -0.05) is 192 Å². The summed E-state index contributed by atoms with van der Waals surface area (Å²) in [6.45, 7) is 29.0. The molecular weight excluding hydrogens is 753 g/mol. The highest BCUT2D eigenvalue weighted by atomic mass is 28.3. The molecule has 0 atom stereocenters. The van der Waals surface area contributed by atoms with Crippen LogP contribution in [0.1, 0.15) is 94.2 Å². The van der Waals surface area contributed by atoms with E-state index in [1.54, 1.807) is 0 Å². The van der Waals surface area contributed by atoms with Crippen LogP contribution in [0.25, 0.3) is 75.8 Å². The van der Waals surface area contributed by atoms with Crippen LogP contribution in [0, 0.1) is 22.9 Å². The highest BCUT2D eigenvalue weighted by molar-refractivity contribution is 6.91. The molecule has 0 radical (unpaired) electrons. The van der Waals surface area contributed by atoms with Gasteiger partial charge in [-0.3, -0.25) is 0 Å². The summed E-state index contributed by atoms with van der Waals surface area (Å²) in [4.78, 5) is 0. The van der Waals surface area contributed by atoms with Crippen LogP contribution in [0.15, 0.2) is 121 Å². The van der Waals surface area contributed by atoms with Crippen LogP contribution in [0.4, 0.5) is 0 Å². The van der Waals surface area contributed by atoms with Crippen molar-refractivity contribution < 1.29 is 0 Å². The van der Waals surface area contributed by atoms with Crippen LogP contribution in [-0.2, 0) is 0 Å². The van der Waals surface area contributed by atoms with Gasteiger partial charge >= 0.3 is 0 Å². The minimum absolute atomic E-state index is 0.547. The lowest BCUT2D eigenvalue weighted by Crippen LogP contribution is -2.43. The van der Waals surface area contributed by atoms with Crippen molar-refractivity contribution in [2.75, 3.05) is 0 Å². The van der Waals surface area contributed by atoms with Gasteiger partial charge in [-0.15, -0.1) is 11.1 Å². The van der Waals surface area contributed by atoms with Crippen LogP contribution in [0.2, 0.25) is 33.2 Å². The summed E-state index contributed by atoms with van der Waals surface area (Å²) in [6, 6.07) is 45.7. The van der Waals surface area contributed by atoms with E-state index in [4.69, 9.17) is 0 Å². The van der Waals surface area contributed by atoms with Crippen molar-refractivity contribution in [3.8, 4) is 34.1 Å². The van der Waals surface area contributed by atoms with Gasteiger partial charge in [-0.05, 0) is 133 Å². The first-order chi connectivity index (χ1) is 28.7. The molecule has 0 spiro atoms. The molecule has 2 heteroatoms. The molecule has 0 saturated carbocycles. The van der Waals surface area contributed by atoms with E-state index in [0.717, 1.165) is 11.1 Å². The summed E-state index contributed by atoms with van der Waals surface area (Å²) >= 11 is 0. The highest BCUT2D eigenvalue weighted by Crippen LogP contribution is 2.49. The van der Waals surface area contributed by atoms with Gasteiger partial charge in [-0.25, -0.2) is 0 Å². The molecular formula is C58H62Si2. The fraction of sp³-hybridized carbons (Fsp3) is 0.310. The van der Waals surface area contributed by atoms with Gasteiger partial charge in [0.15, 0.2) is 0 Å². The number of benzene rings is 8. The second-order valence-corrected chi connectivity index (χ2v) is 30.5. The molecule has 60 heavy (non-hydrogen) atoms. The molecule has 0 aromatic heterocycles. The van der Waals surface area contributed by atoms with E-state index in [9.17, 15) is 0 Å². The second kappa shape index (κ2) is 16.0. The zero-order chi connectivity index (χ0) is 42.7. The average molecular weight is 815 g/mol. The Labute approximate surface area is 361 Å². The molecule has 8 aromatic rings. The van der Waals surface area contributed by atoms with Crippen LogP contribution in [-0.4, -0.2) is 16.1 Å². The molecule has 0 fully saturated rings. The minimum Gasteiger partial charge on any atom is -0.125 e. The predicted octanol–water partition coefficient (Wildman–Crippen LogP) is 17.4. The molecule has 302 valence electrons. The van der Waals surface area contributed by atoms with Crippen LogP contribution in [0.3, 0.4) is 0 Å². The van der Waals surface area contributed by atoms with Gasteiger partial charge in [0.05, 0.1) is 0 Å². The third kappa shape index (κ3) is 6.60. The standard InChI is InChI=1S/C58H62Si2/c1-37(2)59(38(3)4,39(5)6)31-29-49-47-25-17-19-27-51(47)57(55-35-45-23-15-13-21-43(45)33-53(49)55)58-52-28-20-18-26-48(52)50(30-32-60(40(7)8,41(9)10)42(11)12)54-34-44-22-14-16-24-46(44)36-56(54)58/h13-28,33-42H,1-12H3. The van der Waals surface area contributed by atoms with E-state index in [2.05, 4.69) is 227 Å². The van der Waals surface area contributed by atoms with Crippen molar-refractivity contribution in [3.63, 3.8) is 0 Å². The Hall–Kier alpha value is -5.13. The zero-order valence-corrected chi connectivity index (χ0v) is 40.0. The molecule has 8 rings (SSSR count). The van der Waals surface area contributed by atoms with E-state index < -0.39 is 16.1 Å². The Morgan fingerprint density at radius 2 is 0.550 bits per heavy atom. The third-order valence-electron chi connectivity index (χ3n) is 14.6. The SMILES string of the molecule is CC(C)[Si](C#Cc1c2ccccc2c(-c2c3ccccc3c(C#C[Si](C(C)C)(C(C)C)C(C)C)c3cc4ccccc4cc23)c2cc3ccccc3cc12)(C(C)C)C(C)C. The Kier molecular flexibility index (Phi) is 11.1. The maximum atomic E-state index is 4.15. The van der Waals surface area contributed by atoms with Crippen molar-refractivity contribution in [1.82, 2.24) is 0 Å². The van der Waals surface area contributed by atoms with Gasteiger partial charge in [0.1, 0.15) is 16.1 Å². The Morgan fingerprint density at radius 3 is 0.833 bits per heavy atom. The summed E-state index contributed by atoms with van der Waals surface area (Å²) in [5.74, 6) is 8.04. The van der Waals surface area contributed by atoms with E-state index in [1.165, 1.54) is 75.8 Å². The van der Waals surface area contributed by atoms with E-state index in [0.29, 0.717) is 33.2 Å². The first kappa shape index (κ1) is 41.6. The predicted molar refractivity (Wildman–Crippen MR) is 273 cm³/mol. The van der Waals surface area contributed by atoms with Gasteiger partial charge in [0, 0.05) is 11.1 Å². The number of rotatable bonds is 7. The fourth-order valence-electron chi connectivity index (χ4n) is 11.7. The Balaban J connectivity index is 1.60. The van der Waals surface area contributed by atoms with Gasteiger partial charge in [0.25, 0.3) is 0 Å². The maximum Gasteiger partial charge on any atom is 0.146 e. The first-order valence-electron chi connectivity index (χ1n) is 22.5. The molecule has 0 aliphatic carbocycles. The first-order valence-corrected chi connectivity index (χ1v) is 27.0. The number of hydrogen-bond donors (Lipinski definition) is 0. The molecule has 0 N–H and O–H groups in total. The summed E-state index contributed by atoms with van der Waals surface area (Å²) < 4.78 is 0. The molecule has 0 unspecified atom stereocenters. The molecule has 8 aromatic carbocycles. The number of fused-ring (bicyclic) bond motifs is 6. The normalized spacial score (nSPS) is 12.6. The van der Waals surface area contributed by atoms with E-state index in [-0.39, 0.29) is 0 Å². The highest BCUT2D eigenvalue weighted by Gasteiger charge is 2.43. The molecule has 0 heterocycles. The summed E-state index contributed by atoms with van der Waals surface area (Å²) in [7, 11) is -4.07. The van der Waals surface area contributed by atoms with Crippen LogP contribution >= 0.6 is 0 Å². The van der Waals surface area contributed by atoms with Crippen molar-refractivity contribution in [1.29, 1.82) is 0 Å². The smallest absolute Gasteiger partial charge is 0.125 e. The van der Waals surface area contributed by atoms with Crippen LogP contribution < -0.4 is 0 Å². The van der Waals surface area contributed by atoms with Crippen LogP contribution in [0.5, 0.6) is 0 Å². The monoisotopic (exact) mass is 814 g/mol. The average Bonchev–Trinajstić information content (AvgIpc) is 3.21. The molecule has 0 saturated heterocycles. The second-order valence-electron chi connectivity index (χ2n) is 19.4. The lowest BCUT2D eigenvalue weighted by atomic mass is 9.82. The van der Waals surface area contributed by atoms with E-state index >= 15 is 0 Å².